The molecule has 8 nitrogen and oxygen atoms in total. The highest BCUT2D eigenvalue weighted by Crippen LogP contribution is 2.27. The van der Waals surface area contributed by atoms with Crippen LogP contribution in [0.25, 0.3) is 0 Å². The lowest BCUT2D eigenvalue weighted by atomic mass is 10.2. The zero-order valence-corrected chi connectivity index (χ0v) is 14.8. The monoisotopic (exact) mass is 398 g/mol. The van der Waals surface area contributed by atoms with E-state index in [4.69, 9.17) is 32.7 Å². The van der Waals surface area contributed by atoms with Gasteiger partial charge < -0.3 is 14.8 Å². The molecule has 0 aliphatic carbocycles. The molecular formula is C16H12Cl2N2O6. The van der Waals surface area contributed by atoms with E-state index in [1.807, 2.05) is 0 Å². The molecule has 0 saturated carbocycles. The number of anilines is 1. The lowest BCUT2D eigenvalue weighted by molar-refractivity contribution is -0.385. The fraction of sp³-hybridized carbons (Fsp3) is 0.125. The third kappa shape index (κ3) is 4.84. The van der Waals surface area contributed by atoms with Crippen molar-refractivity contribution in [1.82, 2.24) is 0 Å². The number of benzene rings is 2. The topological polar surface area (TPSA) is 108 Å². The molecule has 2 rings (SSSR count). The summed E-state index contributed by atoms with van der Waals surface area (Å²) in [6.07, 6.45) is 0. The van der Waals surface area contributed by atoms with Gasteiger partial charge in [0.05, 0.1) is 17.7 Å². The van der Waals surface area contributed by atoms with Crippen molar-refractivity contribution in [3.63, 3.8) is 0 Å². The summed E-state index contributed by atoms with van der Waals surface area (Å²) in [5.74, 6) is -1.37. The number of esters is 1. The molecule has 0 fully saturated rings. The molecule has 0 saturated heterocycles. The molecule has 0 bridgehead atoms. The van der Waals surface area contributed by atoms with Gasteiger partial charge in [0.1, 0.15) is 11.3 Å². The van der Waals surface area contributed by atoms with Crippen molar-refractivity contribution in [3.8, 4) is 5.75 Å². The number of nitrogens with one attached hydrogen (secondary N) is 1. The van der Waals surface area contributed by atoms with Gasteiger partial charge in [-0.25, -0.2) is 4.79 Å². The summed E-state index contributed by atoms with van der Waals surface area (Å²) >= 11 is 11.6. The standard InChI is InChI=1S/C16H12Cl2N2O6/c1-25-14-5-3-10(18)7-12(14)19-15(21)8-26-16(22)11-6-9(17)2-4-13(11)20(23)24/h2-7H,8H2,1H3,(H,19,21). The molecular weight excluding hydrogens is 387 g/mol. The van der Waals surface area contributed by atoms with E-state index in [1.54, 1.807) is 12.1 Å². The second-order valence-corrected chi connectivity index (χ2v) is 5.76. The minimum Gasteiger partial charge on any atom is -0.495 e. The highest BCUT2D eigenvalue weighted by atomic mass is 35.5. The Kier molecular flexibility index (Phi) is 6.37. The van der Waals surface area contributed by atoms with Crippen LogP contribution in [0.15, 0.2) is 36.4 Å². The first-order chi connectivity index (χ1) is 12.3. The summed E-state index contributed by atoms with van der Waals surface area (Å²) in [4.78, 5) is 34.2. The minimum absolute atomic E-state index is 0.121. The highest BCUT2D eigenvalue weighted by molar-refractivity contribution is 6.31. The van der Waals surface area contributed by atoms with Gasteiger partial charge in [0, 0.05) is 16.1 Å². The smallest absolute Gasteiger partial charge is 0.345 e. The van der Waals surface area contributed by atoms with Crippen LogP contribution in [0.4, 0.5) is 11.4 Å². The Morgan fingerprint density at radius 1 is 1.15 bits per heavy atom. The Labute approximate surface area is 157 Å². The van der Waals surface area contributed by atoms with E-state index >= 15 is 0 Å². The Morgan fingerprint density at radius 2 is 1.81 bits per heavy atom. The minimum atomic E-state index is -1.05. The molecule has 0 aliphatic heterocycles. The van der Waals surface area contributed by atoms with Gasteiger partial charge in [0.25, 0.3) is 11.6 Å². The Balaban J connectivity index is 2.06. The van der Waals surface area contributed by atoms with E-state index < -0.39 is 29.1 Å². The van der Waals surface area contributed by atoms with Crippen LogP contribution in [0.3, 0.4) is 0 Å². The maximum absolute atomic E-state index is 12.0. The number of nitro benzene ring substituents is 1. The van der Waals surface area contributed by atoms with E-state index in [0.717, 1.165) is 12.1 Å². The summed E-state index contributed by atoms with van der Waals surface area (Å²) in [5, 5.41) is 13.9. The zero-order valence-electron chi connectivity index (χ0n) is 13.3. The SMILES string of the molecule is COc1ccc(Cl)cc1NC(=O)COC(=O)c1cc(Cl)ccc1[N+](=O)[O-]. The largest absolute Gasteiger partial charge is 0.495 e. The first kappa shape index (κ1) is 19.5. The van der Waals surface area contributed by atoms with Crippen molar-refractivity contribution >= 4 is 46.5 Å². The molecule has 0 unspecified atom stereocenters. The number of carbonyl (C=O) groups is 2. The van der Waals surface area contributed by atoms with Crippen molar-refractivity contribution in [2.45, 2.75) is 0 Å². The molecule has 0 aromatic heterocycles. The number of halogens is 2. The summed E-state index contributed by atoms with van der Waals surface area (Å²) in [6, 6.07) is 8.04. The molecule has 1 N–H and O–H groups in total. The van der Waals surface area contributed by atoms with Crippen LogP contribution in [0, 0.1) is 10.1 Å². The Bertz CT molecular complexity index is 872. The normalized spacial score (nSPS) is 10.1. The first-order valence-corrected chi connectivity index (χ1v) is 7.82. The number of methoxy groups -OCH3 is 1. The molecule has 0 atom stereocenters. The second-order valence-electron chi connectivity index (χ2n) is 4.89. The third-order valence-electron chi connectivity index (χ3n) is 3.15. The van der Waals surface area contributed by atoms with Crippen molar-refractivity contribution in [1.29, 1.82) is 0 Å². The van der Waals surface area contributed by atoms with Gasteiger partial charge in [-0.2, -0.15) is 0 Å². The van der Waals surface area contributed by atoms with Crippen LogP contribution in [-0.2, 0) is 9.53 Å². The summed E-state index contributed by atoms with van der Waals surface area (Å²) in [7, 11) is 1.41. The van der Waals surface area contributed by atoms with Crippen LogP contribution in [0.2, 0.25) is 10.0 Å². The van der Waals surface area contributed by atoms with Crippen LogP contribution in [0.5, 0.6) is 5.75 Å². The van der Waals surface area contributed by atoms with E-state index in [9.17, 15) is 19.7 Å². The van der Waals surface area contributed by atoms with Crippen LogP contribution in [-0.4, -0.2) is 30.5 Å². The van der Waals surface area contributed by atoms with Crippen LogP contribution in [0.1, 0.15) is 10.4 Å². The van der Waals surface area contributed by atoms with E-state index in [0.29, 0.717) is 10.8 Å². The van der Waals surface area contributed by atoms with Gasteiger partial charge >= 0.3 is 5.97 Å². The highest BCUT2D eigenvalue weighted by Gasteiger charge is 2.22. The molecule has 2 aromatic carbocycles. The van der Waals surface area contributed by atoms with Crippen molar-refractivity contribution in [3.05, 3.63) is 62.1 Å². The Hall–Kier alpha value is -2.84. The zero-order chi connectivity index (χ0) is 19.3. The van der Waals surface area contributed by atoms with Gasteiger partial charge in [-0.15, -0.1) is 0 Å². The fourth-order valence-corrected chi connectivity index (χ4v) is 2.35. The van der Waals surface area contributed by atoms with E-state index in [1.165, 1.54) is 19.2 Å². The summed E-state index contributed by atoms with van der Waals surface area (Å²) in [6.45, 7) is -0.668. The molecule has 1 amide bonds. The van der Waals surface area contributed by atoms with Crippen LogP contribution < -0.4 is 10.1 Å². The van der Waals surface area contributed by atoms with Gasteiger partial charge in [-0.3, -0.25) is 14.9 Å². The quantitative estimate of drug-likeness (QED) is 0.451. The number of hydrogen-bond acceptors (Lipinski definition) is 6. The summed E-state index contributed by atoms with van der Waals surface area (Å²) in [5.41, 5.74) is -0.540. The van der Waals surface area contributed by atoms with Crippen LogP contribution >= 0.6 is 23.2 Å². The van der Waals surface area contributed by atoms with Crippen molar-refractivity contribution in [2.24, 2.45) is 0 Å². The molecule has 0 spiro atoms. The maximum atomic E-state index is 12.0. The number of amides is 1. The number of nitrogens with zero attached hydrogens (tertiary/aromatic N) is 1. The predicted octanol–water partition coefficient (Wildman–Crippen LogP) is 3.71. The average Bonchev–Trinajstić information content (AvgIpc) is 2.59. The van der Waals surface area contributed by atoms with E-state index in [2.05, 4.69) is 5.32 Å². The number of hydrogen-bond donors (Lipinski definition) is 1. The lowest BCUT2D eigenvalue weighted by Gasteiger charge is -2.11. The number of rotatable bonds is 6. The van der Waals surface area contributed by atoms with E-state index in [-0.39, 0.29) is 16.3 Å². The molecule has 0 radical (unpaired) electrons. The average molecular weight is 399 g/mol. The second kappa shape index (κ2) is 8.50. The first-order valence-electron chi connectivity index (χ1n) is 7.06. The van der Waals surface area contributed by atoms with Gasteiger partial charge in [0.15, 0.2) is 6.61 Å². The summed E-state index contributed by atoms with van der Waals surface area (Å²) < 4.78 is 9.90. The molecule has 26 heavy (non-hydrogen) atoms. The molecule has 10 heteroatoms. The molecule has 136 valence electrons. The lowest BCUT2D eigenvalue weighted by Crippen LogP contribution is -2.21. The number of nitro groups is 1. The molecule has 2 aromatic rings. The number of carbonyl (C=O) groups excluding carboxylic acids is 2. The van der Waals surface area contributed by atoms with Crippen molar-refractivity contribution < 1.29 is 24.0 Å². The van der Waals surface area contributed by atoms with Gasteiger partial charge in [-0.1, -0.05) is 23.2 Å². The third-order valence-corrected chi connectivity index (χ3v) is 3.62. The van der Waals surface area contributed by atoms with Gasteiger partial charge in [0.2, 0.25) is 0 Å². The van der Waals surface area contributed by atoms with Gasteiger partial charge in [-0.05, 0) is 30.3 Å². The maximum Gasteiger partial charge on any atom is 0.345 e. The fourth-order valence-electron chi connectivity index (χ4n) is 2.00. The molecule has 0 aliphatic rings. The van der Waals surface area contributed by atoms with Crippen molar-refractivity contribution in [2.75, 3.05) is 19.0 Å². The Morgan fingerprint density at radius 3 is 2.46 bits per heavy atom. The number of ether oxygens (including phenoxy) is 2. The predicted molar refractivity (Wildman–Crippen MR) is 95.0 cm³/mol. The molecule has 0 heterocycles.